The quantitative estimate of drug-likeness (QED) is 0.470. The number of phenols is 1. The van der Waals surface area contributed by atoms with Gasteiger partial charge in [-0.2, -0.15) is 0 Å². The molecule has 1 amide bonds. The molecule has 1 saturated heterocycles. The molecule has 1 aliphatic rings. The van der Waals surface area contributed by atoms with Gasteiger partial charge in [0, 0.05) is 17.8 Å². The molecule has 3 aromatic rings. The van der Waals surface area contributed by atoms with E-state index in [1.165, 1.54) is 31.6 Å². The summed E-state index contributed by atoms with van der Waals surface area (Å²) in [7, 11) is -2.78. The Balaban J connectivity index is 1.89. The van der Waals surface area contributed by atoms with E-state index >= 15 is 0 Å². The van der Waals surface area contributed by atoms with Gasteiger partial charge in [-0.3, -0.25) is 4.79 Å². The van der Waals surface area contributed by atoms with Crippen molar-refractivity contribution >= 4 is 15.9 Å². The van der Waals surface area contributed by atoms with Crippen LogP contribution in [0.1, 0.15) is 34.6 Å². The van der Waals surface area contributed by atoms with Crippen LogP contribution in [-0.4, -0.2) is 54.0 Å². The monoisotopic (exact) mass is 484 g/mol. The van der Waals surface area contributed by atoms with Crippen molar-refractivity contribution in [3.8, 4) is 11.5 Å². The molecule has 1 atom stereocenters. The first-order valence-electron chi connectivity index (χ1n) is 11.0. The first-order chi connectivity index (χ1) is 16.3. The minimum Gasteiger partial charge on any atom is -0.507 e. The number of rotatable bonds is 7. The number of carbonyl (C=O) groups excluding carboxylic acids is 1. The number of aromatic hydroxyl groups is 1. The zero-order valence-electron chi connectivity index (χ0n) is 19.1. The molecule has 34 heavy (non-hydrogen) atoms. The highest BCUT2D eigenvalue weighted by Crippen LogP contribution is 2.40. The third-order valence-corrected chi connectivity index (χ3v) is 8.51. The van der Waals surface area contributed by atoms with Crippen LogP contribution >= 0.6 is 0 Å². The average Bonchev–Trinajstić information content (AvgIpc) is 3.30. The highest BCUT2D eigenvalue weighted by atomic mass is 32.2. The number of aromatic nitrogens is 2. The Labute approximate surface area is 198 Å². The fourth-order valence-electron chi connectivity index (χ4n) is 4.70. The molecular weight excluding hydrogens is 456 g/mol. The molecule has 9 nitrogen and oxygen atoms in total. The van der Waals surface area contributed by atoms with E-state index in [1.807, 2.05) is 30.3 Å². The zero-order valence-corrected chi connectivity index (χ0v) is 19.9. The molecule has 10 heteroatoms. The number of amides is 1. The van der Waals surface area contributed by atoms with E-state index in [9.17, 15) is 18.3 Å². The molecular formula is C24H28N4O5S. The van der Waals surface area contributed by atoms with Crippen LogP contribution in [-0.2, 0) is 15.4 Å². The van der Waals surface area contributed by atoms with Gasteiger partial charge in [0.2, 0.25) is 0 Å². The predicted octanol–water partition coefficient (Wildman–Crippen LogP) is 2.16. The molecule has 180 valence electrons. The largest absolute Gasteiger partial charge is 0.507 e. The van der Waals surface area contributed by atoms with Crippen molar-refractivity contribution in [1.29, 1.82) is 0 Å². The molecule has 1 aliphatic heterocycles. The van der Waals surface area contributed by atoms with Gasteiger partial charge in [0.15, 0.2) is 5.37 Å². The smallest absolute Gasteiger partial charge is 0.262 e. The summed E-state index contributed by atoms with van der Waals surface area (Å²) in [4.78, 5) is 17.6. The molecule has 0 radical (unpaired) electrons. The van der Waals surface area contributed by atoms with Crippen LogP contribution in [0.25, 0.3) is 0 Å². The Hall–Kier alpha value is -3.37. The molecule has 0 bridgehead atoms. The van der Waals surface area contributed by atoms with Crippen molar-refractivity contribution in [2.45, 2.75) is 30.6 Å². The second-order valence-corrected chi connectivity index (χ2v) is 10.2. The summed E-state index contributed by atoms with van der Waals surface area (Å²) in [5, 5.41) is 15.1. The van der Waals surface area contributed by atoms with Crippen molar-refractivity contribution in [2.24, 2.45) is 0 Å². The van der Waals surface area contributed by atoms with Crippen LogP contribution in [0.2, 0.25) is 0 Å². The topological polar surface area (TPSA) is 123 Å². The number of ether oxygens (including phenoxy) is 1. The maximum Gasteiger partial charge on any atom is 0.262 e. The lowest BCUT2D eigenvalue weighted by molar-refractivity contribution is 0.0919. The van der Waals surface area contributed by atoms with Crippen LogP contribution < -0.4 is 15.4 Å². The van der Waals surface area contributed by atoms with E-state index in [2.05, 4.69) is 15.6 Å². The first-order valence-corrected chi connectivity index (χ1v) is 12.5. The molecule has 0 saturated carbocycles. The number of hydrogen-bond acceptors (Lipinski definition) is 7. The van der Waals surface area contributed by atoms with Gasteiger partial charge >= 0.3 is 0 Å². The van der Waals surface area contributed by atoms with Gasteiger partial charge in [0.05, 0.1) is 7.11 Å². The lowest BCUT2D eigenvalue weighted by Gasteiger charge is -2.44. The lowest BCUT2D eigenvalue weighted by atomic mass is 9.72. The third-order valence-electron chi connectivity index (χ3n) is 6.41. The molecule has 0 spiro atoms. The summed E-state index contributed by atoms with van der Waals surface area (Å²) in [6.45, 7) is 2.76. The van der Waals surface area contributed by atoms with Crippen molar-refractivity contribution in [3.63, 3.8) is 0 Å². The predicted molar refractivity (Wildman–Crippen MR) is 127 cm³/mol. The van der Waals surface area contributed by atoms with E-state index in [0.29, 0.717) is 25.9 Å². The number of benzene rings is 2. The van der Waals surface area contributed by atoms with E-state index < -0.39 is 26.7 Å². The Morgan fingerprint density at radius 3 is 2.50 bits per heavy atom. The van der Waals surface area contributed by atoms with Gasteiger partial charge in [0.1, 0.15) is 22.9 Å². The van der Waals surface area contributed by atoms with Crippen molar-refractivity contribution in [3.05, 3.63) is 77.9 Å². The average molecular weight is 485 g/mol. The number of piperidine rings is 1. The Bertz CT molecular complexity index is 1270. The number of methoxy groups -OCH3 is 1. The fraction of sp³-hybridized carbons (Fsp3) is 0.333. The number of aryl methyl sites for hydroxylation is 1. The van der Waals surface area contributed by atoms with Crippen molar-refractivity contribution in [1.82, 2.24) is 19.6 Å². The summed E-state index contributed by atoms with van der Waals surface area (Å²) in [6.07, 6.45) is 3.75. The molecule has 3 N–H and O–H groups in total. The Morgan fingerprint density at radius 1 is 1.18 bits per heavy atom. The molecule has 1 aromatic heterocycles. The Morgan fingerprint density at radius 2 is 1.88 bits per heavy atom. The number of hydrogen-bond donors (Lipinski definition) is 3. The lowest BCUT2D eigenvalue weighted by Crippen LogP contribution is -2.59. The van der Waals surface area contributed by atoms with Crippen LogP contribution in [0, 0.1) is 6.92 Å². The third kappa shape index (κ3) is 4.14. The molecule has 0 aliphatic carbocycles. The number of phenolic OH excluding ortho intramolecular Hbond substituents is 1. The molecule has 1 fully saturated rings. The minimum absolute atomic E-state index is 0.121. The number of nitrogens with zero attached hydrogens (tertiary/aromatic N) is 2. The van der Waals surface area contributed by atoms with Gasteiger partial charge in [-0.25, -0.2) is 17.4 Å². The maximum absolute atomic E-state index is 14.1. The van der Waals surface area contributed by atoms with Crippen molar-refractivity contribution < 1.29 is 23.1 Å². The highest BCUT2D eigenvalue weighted by molar-refractivity contribution is 7.90. The van der Waals surface area contributed by atoms with Gasteiger partial charge < -0.3 is 20.5 Å². The molecule has 2 aromatic carbocycles. The summed E-state index contributed by atoms with van der Waals surface area (Å²) in [6, 6.07) is 13.8. The SMILES string of the molecule is COc1cccc(O)c1C(=O)NC(C1(c2ccccc2)CCNCC1)S(=O)(=O)n1ccnc1C. The van der Waals surface area contributed by atoms with E-state index in [4.69, 9.17) is 4.74 Å². The second-order valence-electron chi connectivity index (χ2n) is 8.30. The summed E-state index contributed by atoms with van der Waals surface area (Å²) >= 11 is 0. The maximum atomic E-state index is 14.1. The van der Waals surface area contributed by atoms with E-state index in [0.717, 1.165) is 9.54 Å². The minimum atomic E-state index is -4.16. The number of carbonyl (C=O) groups is 1. The van der Waals surface area contributed by atoms with E-state index in [-0.39, 0.29) is 22.9 Å². The normalized spacial score (nSPS) is 16.5. The van der Waals surface area contributed by atoms with Gasteiger partial charge in [0.25, 0.3) is 15.9 Å². The van der Waals surface area contributed by atoms with Crippen LogP contribution in [0.15, 0.2) is 60.9 Å². The van der Waals surface area contributed by atoms with Gasteiger partial charge in [-0.15, -0.1) is 0 Å². The highest BCUT2D eigenvalue weighted by Gasteiger charge is 2.50. The number of imidazole rings is 1. The van der Waals surface area contributed by atoms with Gasteiger partial charge in [-0.05, 0) is 50.6 Å². The van der Waals surface area contributed by atoms with E-state index in [1.54, 1.807) is 13.0 Å². The van der Waals surface area contributed by atoms with Crippen LogP contribution in [0.5, 0.6) is 11.5 Å². The molecule has 2 heterocycles. The van der Waals surface area contributed by atoms with Crippen molar-refractivity contribution in [2.75, 3.05) is 20.2 Å². The Kier molecular flexibility index (Phi) is 6.63. The van der Waals surface area contributed by atoms with Crippen LogP contribution in [0.4, 0.5) is 0 Å². The molecule has 4 rings (SSSR count). The second kappa shape index (κ2) is 9.47. The summed E-state index contributed by atoms with van der Waals surface area (Å²) in [5.41, 5.74) is -0.230. The summed E-state index contributed by atoms with van der Waals surface area (Å²) < 4.78 is 34.6. The number of nitrogens with one attached hydrogen (secondary N) is 2. The summed E-state index contributed by atoms with van der Waals surface area (Å²) in [5.74, 6) is -0.607. The first kappa shape index (κ1) is 23.8. The fourth-order valence-corrected chi connectivity index (χ4v) is 6.77. The zero-order chi connectivity index (χ0) is 24.3. The molecule has 1 unspecified atom stereocenters. The standard InChI is InChI=1S/C24H28N4O5S/c1-17-26-15-16-28(17)34(31,32)23(27-22(30)21-19(29)9-6-10-20(21)33-2)24(11-13-25-14-12-24)18-7-4-3-5-8-18/h3-10,15-16,23,25,29H,11-14H2,1-2H3,(H,27,30). The van der Waals surface area contributed by atoms with Crippen LogP contribution in [0.3, 0.4) is 0 Å². The van der Waals surface area contributed by atoms with Gasteiger partial charge in [-0.1, -0.05) is 36.4 Å².